The van der Waals surface area contributed by atoms with E-state index >= 15 is 0 Å². The van der Waals surface area contributed by atoms with Crippen molar-refractivity contribution in [2.75, 3.05) is 6.54 Å². The van der Waals surface area contributed by atoms with Crippen molar-refractivity contribution in [3.05, 3.63) is 71.2 Å². The van der Waals surface area contributed by atoms with Crippen LogP contribution in [0.1, 0.15) is 28.5 Å². The molecule has 0 radical (unpaired) electrons. The summed E-state index contributed by atoms with van der Waals surface area (Å²) in [6, 6.07) is 14.2. The lowest BCUT2D eigenvalue weighted by atomic mass is 10.0. The van der Waals surface area contributed by atoms with Gasteiger partial charge in [-0.05, 0) is 30.7 Å². The lowest BCUT2D eigenvalue weighted by Crippen LogP contribution is -2.31. The van der Waals surface area contributed by atoms with Gasteiger partial charge in [-0.15, -0.1) is 0 Å². The molecule has 5 nitrogen and oxygen atoms in total. The van der Waals surface area contributed by atoms with Crippen molar-refractivity contribution < 1.29 is 13.9 Å². The van der Waals surface area contributed by atoms with Crippen LogP contribution in [0.2, 0.25) is 0 Å². The Hall–Kier alpha value is -3.15. The molecule has 0 spiro atoms. The van der Waals surface area contributed by atoms with Gasteiger partial charge in [0.2, 0.25) is 0 Å². The average Bonchev–Trinajstić information content (AvgIpc) is 3.03. The van der Waals surface area contributed by atoms with Crippen molar-refractivity contribution in [1.29, 1.82) is 0 Å². The van der Waals surface area contributed by atoms with Crippen molar-refractivity contribution >= 4 is 5.91 Å². The Morgan fingerprint density at radius 1 is 1.26 bits per heavy atom. The zero-order chi connectivity index (χ0) is 19.0. The van der Waals surface area contributed by atoms with Crippen LogP contribution in [0.15, 0.2) is 48.5 Å². The first-order valence-corrected chi connectivity index (χ1v) is 8.90. The van der Waals surface area contributed by atoms with E-state index in [9.17, 15) is 9.18 Å². The minimum atomic E-state index is -0.349. The van der Waals surface area contributed by atoms with Crippen LogP contribution in [0, 0.1) is 5.82 Å². The first-order valence-electron chi connectivity index (χ1n) is 8.90. The SMILES string of the molecule is CCN(Cc1ccccc1)C(=O)c1nn(C)c2c1COc1ccc(F)cc1-2. The van der Waals surface area contributed by atoms with E-state index in [0.717, 1.165) is 11.3 Å². The molecule has 6 heteroatoms. The van der Waals surface area contributed by atoms with Gasteiger partial charge < -0.3 is 9.64 Å². The number of fused-ring (bicyclic) bond motifs is 3. The highest BCUT2D eigenvalue weighted by atomic mass is 19.1. The molecule has 1 aromatic heterocycles. The van der Waals surface area contributed by atoms with E-state index in [1.54, 1.807) is 22.7 Å². The monoisotopic (exact) mass is 365 g/mol. The van der Waals surface area contributed by atoms with E-state index in [-0.39, 0.29) is 18.3 Å². The number of rotatable bonds is 4. The van der Waals surface area contributed by atoms with Crippen LogP contribution >= 0.6 is 0 Å². The van der Waals surface area contributed by atoms with Crippen molar-refractivity contribution in [1.82, 2.24) is 14.7 Å². The van der Waals surface area contributed by atoms with Gasteiger partial charge in [0.1, 0.15) is 18.2 Å². The maximum atomic E-state index is 13.8. The molecule has 3 aromatic rings. The number of ether oxygens (including phenoxy) is 1. The van der Waals surface area contributed by atoms with Crippen LogP contribution in [0.25, 0.3) is 11.3 Å². The predicted octanol–water partition coefficient (Wildman–Crippen LogP) is 3.78. The van der Waals surface area contributed by atoms with Crippen LogP contribution in [0.5, 0.6) is 5.75 Å². The molecule has 2 heterocycles. The van der Waals surface area contributed by atoms with Crippen LogP contribution in [-0.2, 0) is 20.2 Å². The summed E-state index contributed by atoms with van der Waals surface area (Å²) in [6.45, 7) is 3.25. The molecule has 0 N–H and O–H groups in total. The molecule has 0 bridgehead atoms. The number of amides is 1. The van der Waals surface area contributed by atoms with Crippen LogP contribution < -0.4 is 4.74 Å². The number of aromatic nitrogens is 2. The molecule has 1 amide bonds. The fourth-order valence-corrected chi connectivity index (χ4v) is 3.46. The molecule has 0 saturated heterocycles. The Kier molecular flexibility index (Phi) is 4.39. The minimum Gasteiger partial charge on any atom is -0.488 e. The standard InChI is InChI=1S/C21H20FN3O2/c1-3-25(12-14-7-5-4-6-8-14)21(26)19-17-13-27-18-10-9-15(22)11-16(18)20(17)24(2)23-19/h4-11H,3,12-13H2,1-2H3. The lowest BCUT2D eigenvalue weighted by Gasteiger charge is -2.22. The summed E-state index contributed by atoms with van der Waals surface area (Å²) in [5.74, 6) is 0.0997. The number of aryl methyl sites for hydroxylation is 1. The highest BCUT2D eigenvalue weighted by Crippen LogP contribution is 2.39. The van der Waals surface area contributed by atoms with Crippen molar-refractivity contribution in [3.8, 4) is 17.0 Å². The summed E-state index contributed by atoms with van der Waals surface area (Å²) in [5, 5.41) is 4.45. The van der Waals surface area contributed by atoms with Gasteiger partial charge in [0.15, 0.2) is 5.69 Å². The van der Waals surface area contributed by atoms with E-state index in [0.29, 0.717) is 35.7 Å². The van der Waals surface area contributed by atoms with Gasteiger partial charge in [-0.25, -0.2) is 4.39 Å². The van der Waals surface area contributed by atoms with Gasteiger partial charge in [-0.2, -0.15) is 5.10 Å². The molecule has 0 atom stereocenters. The van der Waals surface area contributed by atoms with E-state index < -0.39 is 0 Å². The second-order valence-electron chi connectivity index (χ2n) is 6.53. The molecule has 27 heavy (non-hydrogen) atoms. The first kappa shape index (κ1) is 17.3. The molecule has 2 aromatic carbocycles. The molecule has 0 unspecified atom stereocenters. The lowest BCUT2D eigenvalue weighted by molar-refractivity contribution is 0.0743. The maximum absolute atomic E-state index is 13.8. The van der Waals surface area contributed by atoms with E-state index in [4.69, 9.17) is 4.74 Å². The van der Waals surface area contributed by atoms with Gasteiger partial charge in [-0.3, -0.25) is 9.48 Å². The Morgan fingerprint density at radius 3 is 2.78 bits per heavy atom. The average molecular weight is 365 g/mol. The van der Waals surface area contributed by atoms with Gasteiger partial charge in [0.25, 0.3) is 5.91 Å². The normalized spacial score (nSPS) is 12.1. The number of carbonyl (C=O) groups excluding carboxylic acids is 1. The number of halogens is 1. The third-order valence-electron chi connectivity index (χ3n) is 4.80. The van der Waals surface area contributed by atoms with Crippen molar-refractivity contribution in [2.24, 2.45) is 7.05 Å². The molecular weight excluding hydrogens is 345 g/mol. The topological polar surface area (TPSA) is 47.4 Å². The third kappa shape index (κ3) is 3.07. The number of benzene rings is 2. The zero-order valence-electron chi connectivity index (χ0n) is 15.3. The summed E-state index contributed by atoms with van der Waals surface area (Å²) >= 11 is 0. The molecule has 1 aliphatic rings. The van der Waals surface area contributed by atoms with Gasteiger partial charge >= 0.3 is 0 Å². The van der Waals surface area contributed by atoms with Crippen LogP contribution in [0.3, 0.4) is 0 Å². The Balaban J connectivity index is 1.71. The van der Waals surface area contributed by atoms with E-state index in [2.05, 4.69) is 5.10 Å². The number of nitrogens with zero attached hydrogens (tertiary/aromatic N) is 3. The van der Waals surface area contributed by atoms with Crippen molar-refractivity contribution in [2.45, 2.75) is 20.1 Å². The first-order chi connectivity index (χ1) is 13.1. The summed E-state index contributed by atoms with van der Waals surface area (Å²) in [7, 11) is 1.77. The van der Waals surface area contributed by atoms with E-state index in [1.165, 1.54) is 12.1 Å². The molecule has 1 aliphatic heterocycles. The summed E-state index contributed by atoms with van der Waals surface area (Å²) in [6.07, 6.45) is 0. The fourth-order valence-electron chi connectivity index (χ4n) is 3.46. The second kappa shape index (κ2) is 6.87. The zero-order valence-corrected chi connectivity index (χ0v) is 15.3. The highest BCUT2D eigenvalue weighted by molar-refractivity contribution is 5.96. The quantitative estimate of drug-likeness (QED) is 0.707. The second-order valence-corrected chi connectivity index (χ2v) is 6.53. The van der Waals surface area contributed by atoms with E-state index in [1.807, 2.05) is 37.3 Å². The number of hydrogen-bond acceptors (Lipinski definition) is 3. The van der Waals surface area contributed by atoms with Crippen LogP contribution in [-0.4, -0.2) is 27.1 Å². The van der Waals surface area contributed by atoms with Crippen LogP contribution in [0.4, 0.5) is 4.39 Å². The molecule has 0 saturated carbocycles. The predicted molar refractivity (Wildman–Crippen MR) is 99.8 cm³/mol. The third-order valence-corrected chi connectivity index (χ3v) is 4.80. The fraction of sp³-hybridized carbons (Fsp3) is 0.238. The molecule has 138 valence electrons. The smallest absolute Gasteiger partial charge is 0.275 e. The number of carbonyl (C=O) groups is 1. The molecule has 0 aliphatic carbocycles. The van der Waals surface area contributed by atoms with Gasteiger partial charge in [0.05, 0.1) is 5.69 Å². The summed E-state index contributed by atoms with van der Waals surface area (Å²) in [4.78, 5) is 14.9. The largest absolute Gasteiger partial charge is 0.488 e. The minimum absolute atomic E-state index is 0.151. The number of hydrogen-bond donors (Lipinski definition) is 0. The van der Waals surface area contributed by atoms with Crippen molar-refractivity contribution in [3.63, 3.8) is 0 Å². The molecule has 4 rings (SSSR count). The Labute approximate surface area is 157 Å². The summed E-state index contributed by atoms with van der Waals surface area (Å²) in [5.41, 5.74) is 3.47. The molecular formula is C21H20FN3O2. The highest BCUT2D eigenvalue weighted by Gasteiger charge is 2.30. The molecule has 0 fully saturated rings. The Morgan fingerprint density at radius 2 is 2.04 bits per heavy atom. The Bertz CT molecular complexity index is 998. The summed E-state index contributed by atoms with van der Waals surface area (Å²) < 4.78 is 21.1. The van der Waals surface area contributed by atoms with Gasteiger partial charge in [0, 0.05) is 31.3 Å². The van der Waals surface area contributed by atoms with Gasteiger partial charge in [-0.1, -0.05) is 30.3 Å². The maximum Gasteiger partial charge on any atom is 0.275 e.